The lowest BCUT2D eigenvalue weighted by Gasteiger charge is -2.11. The van der Waals surface area contributed by atoms with Gasteiger partial charge in [-0.15, -0.1) is 0 Å². The highest BCUT2D eigenvalue weighted by atomic mass is 31.2. The normalized spacial score (nSPS) is 16.6. The Kier molecular flexibility index (Phi) is 5.71. The molecule has 1 unspecified atom stereocenters. The van der Waals surface area contributed by atoms with E-state index < -0.39 is 20.0 Å². The van der Waals surface area contributed by atoms with Gasteiger partial charge in [0, 0.05) is 18.7 Å². The van der Waals surface area contributed by atoms with Crippen molar-refractivity contribution in [3.63, 3.8) is 0 Å². The third kappa shape index (κ3) is 8.53. The zero-order valence-corrected chi connectivity index (χ0v) is 8.65. The molecule has 0 heterocycles. The van der Waals surface area contributed by atoms with E-state index in [1.165, 1.54) is 0 Å². The lowest BCUT2D eigenvalue weighted by atomic mass is 10.3. The maximum atomic E-state index is 11.7. The molecule has 0 aromatic carbocycles. The molecule has 0 aromatic rings. The van der Waals surface area contributed by atoms with Gasteiger partial charge in [-0.2, -0.15) is 13.2 Å². The molecule has 14 heavy (non-hydrogen) atoms. The summed E-state index contributed by atoms with van der Waals surface area (Å²) in [5.74, 6) is 0. The summed E-state index contributed by atoms with van der Waals surface area (Å²) in [7, 11) is -3.38. The molecule has 0 aromatic heterocycles. The molecule has 0 amide bonds. The number of rotatable bonds is 6. The van der Waals surface area contributed by atoms with E-state index in [9.17, 15) is 22.6 Å². The molecule has 0 aliphatic heterocycles. The van der Waals surface area contributed by atoms with E-state index >= 15 is 0 Å². The monoisotopic (exact) mass is 233 g/mol. The summed E-state index contributed by atoms with van der Waals surface area (Å²) >= 11 is 0. The van der Waals surface area contributed by atoms with Gasteiger partial charge in [0.25, 0.3) is 0 Å². The highest BCUT2D eigenvalue weighted by Crippen LogP contribution is 2.42. The lowest BCUT2D eigenvalue weighted by molar-refractivity contribution is -0.134. The van der Waals surface area contributed by atoms with Crippen molar-refractivity contribution in [2.24, 2.45) is 5.73 Å². The van der Waals surface area contributed by atoms with Crippen LogP contribution >= 0.6 is 7.37 Å². The van der Waals surface area contributed by atoms with Gasteiger partial charge in [0.05, 0.1) is 0 Å². The zero-order valence-electron chi connectivity index (χ0n) is 7.76. The van der Waals surface area contributed by atoms with Crippen molar-refractivity contribution in [3.8, 4) is 0 Å². The van der Waals surface area contributed by atoms with Gasteiger partial charge in [-0.05, 0) is 19.4 Å². The summed E-state index contributed by atoms with van der Waals surface area (Å²) in [5.41, 5.74) is 5.12. The van der Waals surface area contributed by atoms with E-state index in [1.807, 2.05) is 0 Å². The molecule has 0 aliphatic rings. The number of halogens is 3. The second-order valence-corrected chi connectivity index (χ2v) is 5.74. The maximum Gasteiger partial charge on any atom is 0.389 e. The summed E-state index contributed by atoms with van der Waals surface area (Å²) < 4.78 is 46.3. The Morgan fingerprint density at radius 2 is 1.71 bits per heavy atom. The van der Waals surface area contributed by atoms with Crippen LogP contribution in [0.4, 0.5) is 13.2 Å². The molecule has 0 radical (unpaired) electrons. The molecule has 0 fully saturated rings. The van der Waals surface area contributed by atoms with Crippen molar-refractivity contribution in [1.82, 2.24) is 0 Å². The lowest BCUT2D eigenvalue weighted by Crippen LogP contribution is -2.09. The van der Waals surface area contributed by atoms with E-state index in [2.05, 4.69) is 0 Å². The fourth-order valence-corrected chi connectivity index (χ4v) is 2.53. The second kappa shape index (κ2) is 5.73. The van der Waals surface area contributed by atoms with E-state index in [4.69, 9.17) is 5.73 Å². The molecule has 86 valence electrons. The minimum absolute atomic E-state index is 0.0152. The van der Waals surface area contributed by atoms with Crippen molar-refractivity contribution >= 4 is 7.37 Å². The molecule has 7 heteroatoms. The Morgan fingerprint density at radius 1 is 1.21 bits per heavy atom. The molecule has 0 saturated heterocycles. The Hall–Kier alpha value is -0.0600. The van der Waals surface area contributed by atoms with Crippen molar-refractivity contribution in [2.45, 2.75) is 25.4 Å². The van der Waals surface area contributed by atoms with Gasteiger partial charge in [-0.3, -0.25) is 4.57 Å². The minimum atomic E-state index is -4.24. The molecule has 0 saturated carbocycles. The summed E-state index contributed by atoms with van der Waals surface area (Å²) in [6.45, 7) is 0.282. The van der Waals surface area contributed by atoms with Crippen LogP contribution in [-0.4, -0.2) is 29.9 Å². The van der Waals surface area contributed by atoms with E-state index in [0.717, 1.165) is 0 Å². The Balaban J connectivity index is 3.71. The van der Waals surface area contributed by atoms with Gasteiger partial charge in [-0.25, -0.2) is 0 Å². The highest BCUT2D eigenvalue weighted by molar-refractivity contribution is 7.57. The molecule has 0 rings (SSSR count). The van der Waals surface area contributed by atoms with Crippen LogP contribution in [0.2, 0.25) is 0 Å². The predicted molar refractivity (Wildman–Crippen MR) is 48.5 cm³/mol. The summed E-state index contributed by atoms with van der Waals surface area (Å²) in [6.07, 6.45) is -5.41. The van der Waals surface area contributed by atoms with Gasteiger partial charge in [0.15, 0.2) is 0 Å². The molecule has 0 aliphatic carbocycles. The molecule has 0 bridgehead atoms. The Bertz CT molecular complexity index is 208. The smallest absolute Gasteiger partial charge is 0.344 e. The van der Waals surface area contributed by atoms with Crippen LogP contribution < -0.4 is 5.73 Å². The average molecular weight is 233 g/mol. The average Bonchev–Trinajstić information content (AvgIpc) is 1.98. The van der Waals surface area contributed by atoms with Gasteiger partial charge >= 0.3 is 6.18 Å². The summed E-state index contributed by atoms with van der Waals surface area (Å²) in [4.78, 5) is 9.18. The fourth-order valence-electron chi connectivity index (χ4n) is 0.977. The fraction of sp³-hybridized carbons (Fsp3) is 1.00. The topological polar surface area (TPSA) is 63.3 Å². The molecule has 1 atom stereocenters. The number of hydrogen-bond acceptors (Lipinski definition) is 2. The molecule has 0 spiro atoms. The first-order valence-corrected chi connectivity index (χ1v) is 6.37. The van der Waals surface area contributed by atoms with Crippen LogP contribution in [0.25, 0.3) is 0 Å². The predicted octanol–water partition coefficient (Wildman–Crippen LogP) is 1.95. The van der Waals surface area contributed by atoms with E-state index in [1.54, 1.807) is 0 Å². The second-order valence-electron chi connectivity index (χ2n) is 3.15. The minimum Gasteiger partial charge on any atom is -0.344 e. The maximum absolute atomic E-state index is 11.7. The number of nitrogens with two attached hydrogens (primary N) is 1. The third-order valence-corrected chi connectivity index (χ3v) is 3.71. The van der Waals surface area contributed by atoms with Crippen LogP contribution in [0.3, 0.4) is 0 Å². The third-order valence-electron chi connectivity index (χ3n) is 1.68. The Labute approximate surface area is 80.9 Å². The standard InChI is InChI=1S/C7H15F3NO2P/c8-7(9,10)3-1-5-14(12,13)6-2-4-11/h1-6,11H2,(H,12,13). The molecular weight excluding hydrogens is 218 g/mol. The first kappa shape index (κ1) is 13.9. The van der Waals surface area contributed by atoms with Crippen LogP contribution in [0.1, 0.15) is 19.3 Å². The molecule has 3 nitrogen and oxygen atoms in total. The summed E-state index contributed by atoms with van der Waals surface area (Å²) in [5, 5.41) is 0. The number of alkyl halides is 3. The van der Waals surface area contributed by atoms with Gasteiger partial charge in [0.2, 0.25) is 7.37 Å². The molecule has 3 N–H and O–H groups in total. The number of hydrogen-bond donors (Lipinski definition) is 2. The van der Waals surface area contributed by atoms with E-state index in [0.29, 0.717) is 6.42 Å². The SMILES string of the molecule is NCCCP(=O)(O)CCCC(F)(F)F. The van der Waals surface area contributed by atoms with Crippen LogP contribution in [-0.2, 0) is 4.57 Å². The quantitative estimate of drug-likeness (QED) is 0.689. The highest BCUT2D eigenvalue weighted by Gasteiger charge is 2.28. The van der Waals surface area contributed by atoms with Gasteiger partial charge < -0.3 is 10.6 Å². The van der Waals surface area contributed by atoms with Gasteiger partial charge in [0.1, 0.15) is 0 Å². The van der Waals surface area contributed by atoms with Crippen molar-refractivity contribution in [2.75, 3.05) is 18.9 Å². The molecular formula is C7H15F3NO2P. The van der Waals surface area contributed by atoms with Crippen molar-refractivity contribution in [1.29, 1.82) is 0 Å². The van der Waals surface area contributed by atoms with Crippen LogP contribution in [0.15, 0.2) is 0 Å². The zero-order chi connectivity index (χ0) is 11.2. The first-order valence-electron chi connectivity index (χ1n) is 4.34. The van der Waals surface area contributed by atoms with E-state index in [-0.39, 0.29) is 25.3 Å². The van der Waals surface area contributed by atoms with Crippen molar-refractivity contribution < 1.29 is 22.6 Å². The van der Waals surface area contributed by atoms with Gasteiger partial charge in [-0.1, -0.05) is 0 Å². The Morgan fingerprint density at radius 3 is 2.14 bits per heavy atom. The van der Waals surface area contributed by atoms with Crippen molar-refractivity contribution in [3.05, 3.63) is 0 Å². The van der Waals surface area contributed by atoms with Crippen LogP contribution in [0.5, 0.6) is 0 Å². The largest absolute Gasteiger partial charge is 0.389 e. The first-order chi connectivity index (χ1) is 6.27. The summed E-state index contributed by atoms with van der Waals surface area (Å²) in [6, 6.07) is 0. The van der Waals surface area contributed by atoms with Crippen LogP contribution in [0, 0.1) is 0 Å².